The number of hydrogen-bond acceptors (Lipinski definition) is 18. The highest BCUT2D eigenvalue weighted by Gasteiger charge is 2.23. The molecule has 3 atom stereocenters. The van der Waals surface area contributed by atoms with E-state index in [1.54, 1.807) is 26.0 Å². The van der Waals surface area contributed by atoms with Crippen LogP contribution in [0.15, 0.2) is 60.7 Å². The minimum absolute atomic E-state index is 0.00741. The first-order chi connectivity index (χ1) is 34.7. The van der Waals surface area contributed by atoms with Crippen molar-refractivity contribution in [3.63, 3.8) is 0 Å². The normalized spacial score (nSPS) is 11.7. The molecule has 2 amide bonds. The number of esters is 2. The Morgan fingerprint density at radius 2 is 0.764 bits per heavy atom. The van der Waals surface area contributed by atoms with E-state index >= 15 is 0 Å². The number of nitrogens with one attached hydrogen (secondary N) is 10. The zero-order valence-corrected chi connectivity index (χ0v) is 44.7. The summed E-state index contributed by atoms with van der Waals surface area (Å²) in [5.74, 6) is -2.57. The predicted molar refractivity (Wildman–Crippen MR) is 284 cm³/mol. The minimum atomic E-state index is -0.925. The Morgan fingerprint density at radius 3 is 1.06 bits per heavy atom. The number of benzene rings is 2. The van der Waals surface area contributed by atoms with E-state index < -0.39 is 36.0 Å². The Bertz CT molecular complexity index is 1650. The fourth-order valence-corrected chi connectivity index (χ4v) is 6.19. The molecule has 0 fully saturated rings. The molecular weight excluding hydrogens is 929 g/mol. The quantitative estimate of drug-likeness (QED) is 0.0294. The Kier molecular flexibility index (Phi) is 46.1. The molecule has 0 saturated heterocycles. The van der Waals surface area contributed by atoms with Crippen molar-refractivity contribution in [2.45, 2.75) is 69.9 Å². The third kappa shape index (κ3) is 37.6. The van der Waals surface area contributed by atoms with E-state index in [4.69, 9.17) is 19.7 Å². The summed E-state index contributed by atoms with van der Waals surface area (Å²) in [4.78, 5) is 73.3. The SMILES string of the molecule is CNCCN(CCNC)C(=O)CC[C@H](NC)C(=O)O.CNCCN(CCNC)C(=O)CC[C@H](NC)C(=O)OCc1ccccc1.CNCCNCCNC.CN[C@@H](CCC(=O)O)C(=O)OCc1ccccc1. The smallest absolute Gasteiger partial charge is 0.323 e. The van der Waals surface area contributed by atoms with E-state index in [1.165, 1.54) is 0 Å². The Balaban J connectivity index is 0. The van der Waals surface area contributed by atoms with Gasteiger partial charge in [-0.15, -0.1) is 0 Å². The van der Waals surface area contributed by atoms with E-state index in [0.29, 0.717) is 45.4 Å². The largest absolute Gasteiger partial charge is 0.481 e. The highest BCUT2D eigenvalue weighted by Crippen LogP contribution is 2.08. The lowest BCUT2D eigenvalue weighted by molar-refractivity contribution is -0.149. The average Bonchev–Trinajstić information content (AvgIpc) is 3.38. The zero-order chi connectivity index (χ0) is 54.2. The summed E-state index contributed by atoms with van der Waals surface area (Å²) in [6.07, 6.45) is 1.43. The number of amides is 2. The zero-order valence-electron chi connectivity index (χ0n) is 44.7. The lowest BCUT2D eigenvalue weighted by atomic mass is 10.1. The molecule has 22 nitrogen and oxygen atoms in total. The number of carboxylic acids is 2. The van der Waals surface area contributed by atoms with Crippen LogP contribution in [0.2, 0.25) is 0 Å². The average molecular weight is 1020 g/mol. The topological polar surface area (TPSA) is 288 Å². The van der Waals surface area contributed by atoms with Gasteiger partial charge < -0.3 is 82.7 Å². The molecule has 0 spiro atoms. The first-order valence-electron chi connectivity index (χ1n) is 24.7. The minimum Gasteiger partial charge on any atom is -0.481 e. The van der Waals surface area contributed by atoms with Gasteiger partial charge >= 0.3 is 23.9 Å². The van der Waals surface area contributed by atoms with Crippen LogP contribution in [-0.4, -0.2) is 216 Å². The van der Waals surface area contributed by atoms with Gasteiger partial charge in [-0.25, -0.2) is 0 Å². The molecule has 0 aliphatic rings. The van der Waals surface area contributed by atoms with Gasteiger partial charge in [0.05, 0.1) is 0 Å². The van der Waals surface area contributed by atoms with E-state index in [1.807, 2.05) is 108 Å². The van der Waals surface area contributed by atoms with Gasteiger partial charge in [-0.1, -0.05) is 60.7 Å². The highest BCUT2D eigenvalue weighted by molar-refractivity contribution is 5.80. The van der Waals surface area contributed by atoms with Crippen molar-refractivity contribution < 1.29 is 48.5 Å². The van der Waals surface area contributed by atoms with Crippen LogP contribution in [0, 0.1) is 0 Å². The van der Waals surface area contributed by atoms with Crippen LogP contribution in [0.25, 0.3) is 0 Å². The lowest BCUT2D eigenvalue weighted by Crippen LogP contribution is -2.41. The van der Waals surface area contributed by atoms with Crippen LogP contribution in [0.3, 0.4) is 0 Å². The van der Waals surface area contributed by atoms with Gasteiger partial charge in [0.15, 0.2) is 0 Å². The molecular formula is C50H92N12O10. The first-order valence-corrected chi connectivity index (χ1v) is 24.7. The van der Waals surface area contributed by atoms with Crippen molar-refractivity contribution in [1.29, 1.82) is 0 Å². The van der Waals surface area contributed by atoms with Crippen LogP contribution in [0.1, 0.15) is 49.7 Å². The maximum absolute atomic E-state index is 12.5. The van der Waals surface area contributed by atoms with E-state index in [9.17, 15) is 28.8 Å². The van der Waals surface area contributed by atoms with Gasteiger partial charge in [0.25, 0.3) is 0 Å². The number of aliphatic carboxylic acids is 2. The van der Waals surface area contributed by atoms with Crippen molar-refractivity contribution in [2.24, 2.45) is 0 Å². The Labute approximate surface area is 429 Å². The summed E-state index contributed by atoms with van der Waals surface area (Å²) < 4.78 is 10.5. The second kappa shape index (κ2) is 48.1. The molecule has 0 heterocycles. The molecule has 2 rings (SSSR count). The summed E-state index contributed by atoms with van der Waals surface area (Å²) in [5, 5.41) is 47.4. The van der Waals surface area contributed by atoms with Crippen molar-refractivity contribution in [1.82, 2.24) is 63.0 Å². The molecule has 0 radical (unpaired) electrons. The molecule has 0 bridgehead atoms. The molecule has 2 aromatic rings. The number of carbonyl (C=O) groups is 6. The van der Waals surface area contributed by atoms with Gasteiger partial charge in [0.2, 0.25) is 11.8 Å². The second-order valence-corrected chi connectivity index (χ2v) is 16.2. The molecule has 0 aliphatic heterocycles. The number of nitrogens with zero attached hydrogens (tertiary/aromatic N) is 2. The number of likely N-dealkylation sites (N-methyl/N-ethyl adjacent to an activating group) is 9. The number of carbonyl (C=O) groups excluding carboxylic acids is 4. The number of hydrogen-bond donors (Lipinski definition) is 12. The molecule has 12 N–H and O–H groups in total. The van der Waals surface area contributed by atoms with Crippen LogP contribution < -0.4 is 53.2 Å². The maximum Gasteiger partial charge on any atom is 0.323 e. The predicted octanol–water partition coefficient (Wildman–Crippen LogP) is -0.731. The van der Waals surface area contributed by atoms with E-state index in [2.05, 4.69) is 53.2 Å². The Morgan fingerprint density at radius 1 is 0.444 bits per heavy atom. The van der Waals surface area contributed by atoms with Gasteiger partial charge in [-0.2, -0.15) is 0 Å². The monoisotopic (exact) mass is 1020 g/mol. The van der Waals surface area contributed by atoms with Gasteiger partial charge in [0, 0.05) is 97.8 Å². The second-order valence-electron chi connectivity index (χ2n) is 16.2. The third-order valence-electron chi connectivity index (χ3n) is 10.6. The number of ether oxygens (including phenoxy) is 2. The maximum atomic E-state index is 12.5. The van der Waals surface area contributed by atoms with Crippen molar-refractivity contribution in [3.8, 4) is 0 Å². The lowest BCUT2D eigenvalue weighted by Gasteiger charge is -2.23. The molecule has 0 aliphatic carbocycles. The third-order valence-corrected chi connectivity index (χ3v) is 10.6. The number of rotatable bonds is 37. The molecule has 0 saturated carbocycles. The summed E-state index contributed by atoms with van der Waals surface area (Å²) in [7, 11) is 16.2. The van der Waals surface area contributed by atoms with Crippen LogP contribution in [-0.2, 0) is 51.5 Å². The van der Waals surface area contributed by atoms with Crippen LogP contribution in [0.5, 0.6) is 0 Å². The molecule has 412 valence electrons. The van der Waals surface area contributed by atoms with Crippen molar-refractivity contribution in [3.05, 3.63) is 71.8 Å². The summed E-state index contributed by atoms with van der Waals surface area (Å²) in [5.41, 5.74) is 1.84. The first kappa shape index (κ1) is 68.9. The molecule has 0 aromatic heterocycles. The van der Waals surface area contributed by atoms with Crippen molar-refractivity contribution in [2.75, 3.05) is 142 Å². The summed E-state index contributed by atoms with van der Waals surface area (Å²) >= 11 is 0. The molecule has 72 heavy (non-hydrogen) atoms. The molecule has 0 unspecified atom stereocenters. The van der Waals surface area contributed by atoms with E-state index in [-0.39, 0.29) is 50.3 Å². The fourth-order valence-electron chi connectivity index (χ4n) is 6.19. The molecule has 22 heteroatoms. The van der Waals surface area contributed by atoms with E-state index in [0.717, 1.165) is 63.5 Å². The summed E-state index contributed by atoms with van der Waals surface area (Å²) in [6.45, 7) is 10.1. The Hall–Kier alpha value is -5.14. The van der Waals surface area contributed by atoms with Crippen molar-refractivity contribution >= 4 is 35.7 Å². The van der Waals surface area contributed by atoms with Crippen LogP contribution >= 0.6 is 0 Å². The molecule has 2 aromatic carbocycles. The van der Waals surface area contributed by atoms with Gasteiger partial charge in [-0.3, -0.25) is 28.8 Å². The number of carboxylic acid groups (broad SMARTS) is 2. The van der Waals surface area contributed by atoms with Gasteiger partial charge in [-0.05, 0) is 93.8 Å². The standard InChI is InChI=1S/C19H32N4O3.C13H17NO4.C12H26N4O3.C6H17N3/c1-20-11-13-23(14-12-21-2)18(24)10-9-17(22-3)19(25)26-15-16-7-5-4-6-8-16;1-14-11(7-8-12(15)16)13(17)18-9-10-5-3-2-4-6-10;1-13-6-8-16(9-7-14-2)11(17)5-4-10(15-3)12(18)19;1-7-3-5-9-6-4-8-2/h4-8,17,20-22H,9-15H2,1-3H3;2-6,11,14H,7-9H2,1H3,(H,15,16);10,13-15H,4-9H2,1-3H3,(H,18,19);7-9H,3-6H2,1-2H3/t17-;11-;10-;/m000./s1. The highest BCUT2D eigenvalue weighted by atomic mass is 16.5. The fraction of sp³-hybridized carbons (Fsp3) is 0.640. The van der Waals surface area contributed by atoms with Gasteiger partial charge in [0.1, 0.15) is 31.3 Å². The summed E-state index contributed by atoms with van der Waals surface area (Å²) in [6, 6.07) is 17.1. The van der Waals surface area contributed by atoms with Crippen LogP contribution in [0.4, 0.5) is 0 Å².